The summed E-state index contributed by atoms with van der Waals surface area (Å²) in [6, 6.07) is 0.858. The summed E-state index contributed by atoms with van der Waals surface area (Å²) in [5.74, 6) is -4.67. The predicted molar refractivity (Wildman–Crippen MR) is 112 cm³/mol. The number of aliphatic hydroxyl groups excluding tert-OH is 3. The average Bonchev–Trinajstić information content (AvgIpc) is 3.28. The highest BCUT2D eigenvalue weighted by Crippen LogP contribution is 2.43. The Morgan fingerprint density at radius 2 is 1.75 bits per heavy atom. The number of rotatable bonds is 5. The fraction of sp³-hybridized carbons (Fsp3) is 0.350. The average molecular weight is 557 g/mol. The molecular formula is C20H15ClF6N4O4S. The molecule has 8 nitrogen and oxygen atoms in total. The third-order valence-electron chi connectivity index (χ3n) is 5.27. The topological polar surface area (TPSA) is 114 Å². The summed E-state index contributed by atoms with van der Waals surface area (Å²) in [6.45, 7) is -0.780. The molecule has 0 amide bonds. The first kappa shape index (κ1) is 26.6. The van der Waals surface area contributed by atoms with Gasteiger partial charge in [0.15, 0.2) is 23.1 Å². The van der Waals surface area contributed by atoms with Crippen LogP contribution in [0.3, 0.4) is 0 Å². The van der Waals surface area contributed by atoms with Crippen LogP contribution in [0, 0.1) is 17.5 Å². The van der Waals surface area contributed by atoms with E-state index in [2.05, 4.69) is 15.3 Å². The zero-order chi connectivity index (χ0) is 26.4. The SMILES string of the molecule is OCC1O[C@H](Sc2cc(Cl)cnc2C(F)(F)F)C(O)C(n2cc(-c3cc(F)c(F)c(F)c3)nn2)[C@H]1O. The van der Waals surface area contributed by atoms with Gasteiger partial charge < -0.3 is 20.1 Å². The second-order valence-corrected chi connectivity index (χ2v) is 9.23. The molecule has 4 rings (SSSR count). The molecule has 1 aromatic carbocycles. The number of benzene rings is 1. The van der Waals surface area contributed by atoms with E-state index in [1.165, 1.54) is 0 Å². The second-order valence-electron chi connectivity index (χ2n) is 7.65. The van der Waals surface area contributed by atoms with Crippen LogP contribution in [0.5, 0.6) is 0 Å². The van der Waals surface area contributed by atoms with Gasteiger partial charge in [0.25, 0.3) is 0 Å². The largest absolute Gasteiger partial charge is 0.434 e. The van der Waals surface area contributed by atoms with Crippen molar-refractivity contribution in [2.45, 2.75) is 40.9 Å². The van der Waals surface area contributed by atoms with E-state index in [4.69, 9.17) is 16.3 Å². The quantitative estimate of drug-likeness (QED) is 0.324. The molecule has 0 radical (unpaired) electrons. The molecule has 36 heavy (non-hydrogen) atoms. The predicted octanol–water partition coefficient (Wildman–Crippen LogP) is 3.20. The summed E-state index contributed by atoms with van der Waals surface area (Å²) in [5.41, 5.74) is -3.15. The maximum atomic E-state index is 13.6. The van der Waals surface area contributed by atoms with Crippen LogP contribution in [0.1, 0.15) is 11.7 Å². The lowest BCUT2D eigenvalue weighted by Crippen LogP contribution is -2.55. The lowest BCUT2D eigenvalue weighted by Gasteiger charge is -2.41. The van der Waals surface area contributed by atoms with Gasteiger partial charge in [-0.15, -0.1) is 5.10 Å². The summed E-state index contributed by atoms with van der Waals surface area (Å²) >= 11 is 6.20. The van der Waals surface area contributed by atoms with E-state index in [1.807, 2.05) is 0 Å². The van der Waals surface area contributed by atoms with Crippen LogP contribution in [0.4, 0.5) is 26.3 Å². The molecule has 3 unspecified atom stereocenters. The third-order valence-corrected chi connectivity index (χ3v) is 6.67. The minimum absolute atomic E-state index is 0.120. The van der Waals surface area contributed by atoms with Crippen LogP contribution in [-0.4, -0.2) is 65.7 Å². The molecule has 1 saturated heterocycles. The number of halogens is 7. The molecule has 5 atom stereocenters. The van der Waals surface area contributed by atoms with E-state index in [-0.39, 0.29) is 16.3 Å². The monoisotopic (exact) mass is 556 g/mol. The van der Waals surface area contributed by atoms with Crippen molar-refractivity contribution in [3.05, 3.63) is 58.8 Å². The van der Waals surface area contributed by atoms with Crippen molar-refractivity contribution >= 4 is 23.4 Å². The van der Waals surface area contributed by atoms with Crippen molar-refractivity contribution in [2.24, 2.45) is 0 Å². The second kappa shape index (κ2) is 10.1. The molecule has 16 heteroatoms. The Hall–Kier alpha value is -2.43. The molecule has 3 N–H and O–H groups in total. The van der Waals surface area contributed by atoms with Crippen molar-refractivity contribution in [1.29, 1.82) is 0 Å². The molecule has 1 fully saturated rings. The van der Waals surface area contributed by atoms with E-state index >= 15 is 0 Å². The van der Waals surface area contributed by atoms with Crippen LogP contribution in [0.2, 0.25) is 5.02 Å². The molecule has 3 heterocycles. The maximum Gasteiger partial charge on any atom is 0.434 e. The molecule has 0 saturated carbocycles. The fourth-order valence-electron chi connectivity index (χ4n) is 3.58. The van der Waals surface area contributed by atoms with Crippen molar-refractivity contribution < 1.29 is 46.4 Å². The van der Waals surface area contributed by atoms with Crippen molar-refractivity contribution in [1.82, 2.24) is 20.0 Å². The number of ether oxygens (including phenoxy) is 1. The van der Waals surface area contributed by atoms with Crippen LogP contribution in [-0.2, 0) is 10.9 Å². The van der Waals surface area contributed by atoms with Gasteiger partial charge in [-0.3, -0.25) is 0 Å². The number of hydrogen-bond acceptors (Lipinski definition) is 8. The van der Waals surface area contributed by atoms with Gasteiger partial charge in [-0.05, 0) is 18.2 Å². The highest BCUT2D eigenvalue weighted by molar-refractivity contribution is 7.99. The van der Waals surface area contributed by atoms with Gasteiger partial charge >= 0.3 is 6.18 Å². The van der Waals surface area contributed by atoms with Gasteiger partial charge in [0, 0.05) is 16.7 Å². The van der Waals surface area contributed by atoms with Gasteiger partial charge in [0.05, 0.1) is 17.8 Å². The molecule has 3 aromatic rings. The number of hydrogen-bond donors (Lipinski definition) is 3. The Morgan fingerprint density at radius 3 is 2.36 bits per heavy atom. The van der Waals surface area contributed by atoms with Gasteiger partial charge in [0.2, 0.25) is 0 Å². The minimum Gasteiger partial charge on any atom is -0.394 e. The number of pyridine rings is 1. The first-order chi connectivity index (χ1) is 16.9. The summed E-state index contributed by atoms with van der Waals surface area (Å²) in [7, 11) is 0. The normalized spacial score (nSPS) is 24.8. The van der Waals surface area contributed by atoms with E-state index in [1.54, 1.807) is 0 Å². The highest BCUT2D eigenvalue weighted by atomic mass is 35.5. The number of alkyl halides is 3. The van der Waals surface area contributed by atoms with E-state index in [0.717, 1.165) is 23.1 Å². The minimum atomic E-state index is -4.86. The Bertz CT molecular complexity index is 1240. The third kappa shape index (κ3) is 5.17. The molecule has 0 aliphatic carbocycles. The first-order valence-corrected chi connectivity index (χ1v) is 11.2. The van der Waals surface area contributed by atoms with Crippen LogP contribution < -0.4 is 0 Å². The number of aliphatic hydroxyl groups is 3. The van der Waals surface area contributed by atoms with Gasteiger partial charge in [-0.1, -0.05) is 28.6 Å². The molecule has 1 aliphatic heterocycles. The maximum absolute atomic E-state index is 13.6. The first-order valence-electron chi connectivity index (χ1n) is 9.99. The Balaban J connectivity index is 1.67. The van der Waals surface area contributed by atoms with Crippen molar-refractivity contribution in [3.63, 3.8) is 0 Å². The van der Waals surface area contributed by atoms with Crippen LogP contribution in [0.25, 0.3) is 11.3 Å². The fourth-order valence-corrected chi connectivity index (χ4v) is 5.03. The van der Waals surface area contributed by atoms with Gasteiger partial charge in [-0.25, -0.2) is 22.8 Å². The highest BCUT2D eigenvalue weighted by Gasteiger charge is 2.47. The van der Waals surface area contributed by atoms with Gasteiger partial charge in [-0.2, -0.15) is 13.2 Å². The summed E-state index contributed by atoms with van der Waals surface area (Å²) in [5, 5.41) is 38.5. The lowest BCUT2D eigenvalue weighted by molar-refractivity contribution is -0.178. The van der Waals surface area contributed by atoms with E-state index < -0.39 is 70.6 Å². The standard InChI is InChI=1S/C20H15ClF6N4O4S/c21-8-3-13(18(28-4-8)20(25,26)27)36-19-17(34)15(16(33)12(6-32)35-19)31-5-11(29-30-31)7-1-9(22)14(24)10(23)2-7/h1-5,12,15-17,19,32-34H,6H2/t12?,15?,16-,17?,19+/m0/s1. The zero-order valence-electron chi connectivity index (χ0n) is 17.6. The number of nitrogens with zero attached hydrogens (tertiary/aromatic N) is 4. The zero-order valence-corrected chi connectivity index (χ0v) is 19.1. The van der Waals surface area contributed by atoms with Crippen molar-refractivity contribution in [2.75, 3.05) is 6.61 Å². The summed E-state index contributed by atoms with van der Waals surface area (Å²) in [4.78, 5) is 2.82. The Labute approximate surface area is 207 Å². The van der Waals surface area contributed by atoms with Crippen molar-refractivity contribution in [3.8, 4) is 11.3 Å². The Morgan fingerprint density at radius 1 is 1.08 bits per heavy atom. The van der Waals surface area contributed by atoms with Crippen LogP contribution in [0.15, 0.2) is 35.5 Å². The van der Waals surface area contributed by atoms with E-state index in [9.17, 15) is 41.7 Å². The smallest absolute Gasteiger partial charge is 0.394 e. The van der Waals surface area contributed by atoms with Gasteiger partial charge in [0.1, 0.15) is 35.5 Å². The summed E-state index contributed by atoms with van der Waals surface area (Å²) < 4.78 is 87.1. The lowest BCUT2D eigenvalue weighted by atomic mass is 9.97. The molecule has 194 valence electrons. The van der Waals surface area contributed by atoms with Crippen LogP contribution >= 0.6 is 23.4 Å². The molecule has 0 bridgehead atoms. The molecule has 0 spiro atoms. The number of thioether (sulfide) groups is 1. The summed E-state index contributed by atoms with van der Waals surface area (Å²) in [6.07, 6.45) is -7.71. The Kier molecular flexibility index (Phi) is 7.50. The molecule has 1 aliphatic rings. The molecular weight excluding hydrogens is 542 g/mol. The van der Waals surface area contributed by atoms with E-state index in [0.29, 0.717) is 23.9 Å². The molecule has 2 aromatic heterocycles. The number of aromatic nitrogens is 4.